The maximum atomic E-state index is 12.7. The summed E-state index contributed by atoms with van der Waals surface area (Å²) in [5.41, 5.74) is -0.585. The smallest absolute Gasteiger partial charge is 0.243 e. The first-order chi connectivity index (χ1) is 10.9. The number of hydrogen-bond acceptors (Lipinski definition) is 4. The molecule has 0 radical (unpaired) electrons. The van der Waals surface area contributed by atoms with Gasteiger partial charge in [0, 0.05) is 31.2 Å². The lowest BCUT2D eigenvalue weighted by Gasteiger charge is -2.48. The largest absolute Gasteiger partial charge is 0.353 e. The van der Waals surface area contributed by atoms with Crippen molar-refractivity contribution >= 4 is 27.5 Å². The van der Waals surface area contributed by atoms with Gasteiger partial charge in [-0.25, -0.2) is 8.42 Å². The first kappa shape index (κ1) is 16.7. The average molecular weight is 358 g/mol. The van der Waals surface area contributed by atoms with E-state index in [-0.39, 0.29) is 10.8 Å². The number of piperazine rings is 1. The van der Waals surface area contributed by atoms with Gasteiger partial charge in [-0.2, -0.15) is 4.31 Å². The van der Waals surface area contributed by atoms with Gasteiger partial charge in [-0.3, -0.25) is 9.69 Å². The normalized spacial score (nSPS) is 23.0. The van der Waals surface area contributed by atoms with Crippen LogP contribution < -0.4 is 5.32 Å². The third-order valence-corrected chi connectivity index (χ3v) is 7.00. The topological polar surface area (TPSA) is 69.7 Å². The van der Waals surface area contributed by atoms with Gasteiger partial charge < -0.3 is 5.32 Å². The first-order valence-corrected chi connectivity index (χ1v) is 9.43. The van der Waals surface area contributed by atoms with Crippen LogP contribution in [0.2, 0.25) is 5.02 Å². The van der Waals surface area contributed by atoms with Gasteiger partial charge in [-0.15, -0.1) is 0 Å². The number of rotatable bonds is 2. The molecule has 0 unspecified atom stereocenters. The van der Waals surface area contributed by atoms with Crippen LogP contribution in [-0.4, -0.2) is 62.3 Å². The summed E-state index contributed by atoms with van der Waals surface area (Å²) < 4.78 is 26.9. The van der Waals surface area contributed by atoms with Gasteiger partial charge in [-0.1, -0.05) is 17.7 Å². The lowest BCUT2D eigenvalue weighted by atomic mass is 9.84. The summed E-state index contributed by atoms with van der Waals surface area (Å²) in [5.74, 6) is 0.00561. The van der Waals surface area contributed by atoms with E-state index in [2.05, 4.69) is 10.2 Å². The van der Waals surface area contributed by atoms with E-state index in [1.54, 1.807) is 18.2 Å². The van der Waals surface area contributed by atoms with E-state index >= 15 is 0 Å². The van der Waals surface area contributed by atoms with Crippen molar-refractivity contribution in [2.45, 2.75) is 23.3 Å². The van der Waals surface area contributed by atoms with Gasteiger partial charge in [0.2, 0.25) is 15.9 Å². The number of likely N-dealkylation sites (N-methyl/N-ethyl adjacent to an activating group) is 1. The second kappa shape index (κ2) is 6.05. The molecule has 1 aromatic rings. The Kier molecular flexibility index (Phi) is 4.39. The quantitative estimate of drug-likeness (QED) is 0.854. The second-order valence-corrected chi connectivity index (χ2v) is 8.44. The van der Waals surface area contributed by atoms with E-state index in [0.29, 0.717) is 37.5 Å². The highest BCUT2D eigenvalue weighted by molar-refractivity contribution is 7.89. The van der Waals surface area contributed by atoms with Gasteiger partial charge in [0.1, 0.15) is 5.54 Å². The van der Waals surface area contributed by atoms with Gasteiger partial charge in [0.05, 0.1) is 4.90 Å². The molecule has 126 valence electrons. The number of carbonyl (C=O) groups excluding carboxylic acids is 1. The van der Waals surface area contributed by atoms with E-state index in [9.17, 15) is 13.2 Å². The summed E-state index contributed by atoms with van der Waals surface area (Å²) >= 11 is 5.90. The Morgan fingerprint density at radius 3 is 2.52 bits per heavy atom. The number of benzene rings is 1. The molecule has 6 nitrogen and oxygen atoms in total. The van der Waals surface area contributed by atoms with Crippen LogP contribution >= 0.6 is 11.6 Å². The van der Waals surface area contributed by atoms with E-state index in [1.165, 1.54) is 10.4 Å². The number of halogens is 1. The van der Waals surface area contributed by atoms with Gasteiger partial charge in [0.25, 0.3) is 0 Å². The van der Waals surface area contributed by atoms with Crippen LogP contribution in [0.4, 0.5) is 0 Å². The Morgan fingerprint density at radius 2 is 1.91 bits per heavy atom. The molecular formula is C15H20ClN3O3S. The maximum absolute atomic E-state index is 12.7. The Bertz CT molecular complexity index is 714. The molecule has 2 aliphatic heterocycles. The Balaban J connectivity index is 1.80. The number of carbonyl (C=O) groups is 1. The Morgan fingerprint density at radius 1 is 1.22 bits per heavy atom. The number of nitrogens with zero attached hydrogens (tertiary/aromatic N) is 2. The van der Waals surface area contributed by atoms with Crippen molar-refractivity contribution in [3.8, 4) is 0 Å². The molecule has 23 heavy (non-hydrogen) atoms. The molecule has 1 N–H and O–H groups in total. The highest BCUT2D eigenvalue weighted by atomic mass is 35.5. The summed E-state index contributed by atoms with van der Waals surface area (Å²) in [6, 6.07) is 6.28. The standard InChI is InChI=1S/C15H20ClN3O3S/c1-18-10-7-17-14(20)15(18)5-8-19(9-6-15)23(21,22)13-4-2-3-12(16)11-13/h2-4,11H,5-10H2,1H3,(H,17,20). The van der Waals surface area contributed by atoms with E-state index < -0.39 is 15.6 Å². The predicted octanol–water partition coefficient (Wildman–Crippen LogP) is 0.925. The molecule has 0 saturated carbocycles. The molecular weight excluding hydrogens is 338 g/mol. The highest BCUT2D eigenvalue weighted by Gasteiger charge is 2.48. The van der Waals surface area contributed by atoms with Crippen LogP contribution in [0.1, 0.15) is 12.8 Å². The molecule has 2 aliphatic rings. The van der Waals surface area contributed by atoms with Gasteiger partial charge >= 0.3 is 0 Å². The van der Waals surface area contributed by atoms with Gasteiger partial charge in [0.15, 0.2) is 0 Å². The molecule has 2 heterocycles. The van der Waals surface area contributed by atoms with Crippen molar-refractivity contribution in [2.75, 3.05) is 33.2 Å². The molecule has 2 fully saturated rings. The average Bonchev–Trinajstić information content (AvgIpc) is 2.53. The third kappa shape index (κ3) is 2.87. The van der Waals surface area contributed by atoms with Crippen LogP contribution in [-0.2, 0) is 14.8 Å². The van der Waals surface area contributed by atoms with E-state index in [1.807, 2.05) is 7.05 Å². The molecule has 0 aliphatic carbocycles. The predicted molar refractivity (Wildman–Crippen MR) is 87.8 cm³/mol. The summed E-state index contributed by atoms with van der Waals surface area (Å²) in [5, 5.41) is 3.29. The van der Waals surface area contributed by atoms with E-state index in [0.717, 1.165) is 6.54 Å². The monoisotopic (exact) mass is 357 g/mol. The Hall–Kier alpha value is -1.15. The molecule has 8 heteroatoms. The number of piperidine rings is 1. The SMILES string of the molecule is CN1CCNC(=O)C12CCN(S(=O)(=O)c1cccc(Cl)c1)CC2. The van der Waals surface area contributed by atoms with Crippen LogP contribution in [0.15, 0.2) is 29.2 Å². The van der Waals surface area contributed by atoms with Crippen molar-refractivity contribution in [3.05, 3.63) is 29.3 Å². The molecule has 0 atom stereocenters. The first-order valence-electron chi connectivity index (χ1n) is 7.61. The number of nitrogens with one attached hydrogen (secondary N) is 1. The number of hydrogen-bond donors (Lipinski definition) is 1. The van der Waals surface area contributed by atoms with Crippen molar-refractivity contribution in [2.24, 2.45) is 0 Å². The number of sulfonamides is 1. The van der Waals surface area contributed by atoms with E-state index in [4.69, 9.17) is 11.6 Å². The fourth-order valence-electron chi connectivity index (χ4n) is 3.37. The fraction of sp³-hybridized carbons (Fsp3) is 0.533. The second-order valence-electron chi connectivity index (χ2n) is 6.07. The maximum Gasteiger partial charge on any atom is 0.243 e. The molecule has 1 amide bonds. The van der Waals surface area contributed by atoms with Crippen LogP contribution in [0.3, 0.4) is 0 Å². The van der Waals surface area contributed by atoms with Crippen LogP contribution in [0, 0.1) is 0 Å². The molecule has 0 aromatic heterocycles. The summed E-state index contributed by atoms with van der Waals surface area (Å²) in [6.07, 6.45) is 0.990. The Labute approximate surface area is 141 Å². The highest BCUT2D eigenvalue weighted by Crippen LogP contribution is 2.32. The lowest BCUT2D eigenvalue weighted by Crippen LogP contribution is -2.67. The minimum atomic E-state index is -3.58. The summed E-state index contributed by atoms with van der Waals surface area (Å²) in [4.78, 5) is 14.6. The fourth-order valence-corrected chi connectivity index (χ4v) is 5.11. The third-order valence-electron chi connectivity index (χ3n) is 4.87. The zero-order chi connectivity index (χ0) is 16.7. The van der Waals surface area contributed by atoms with Gasteiger partial charge in [-0.05, 0) is 38.1 Å². The minimum absolute atomic E-state index is 0.00561. The van der Waals surface area contributed by atoms with Crippen molar-refractivity contribution in [3.63, 3.8) is 0 Å². The van der Waals surface area contributed by atoms with Crippen LogP contribution in [0.5, 0.6) is 0 Å². The van der Waals surface area contributed by atoms with Crippen molar-refractivity contribution in [1.29, 1.82) is 0 Å². The van der Waals surface area contributed by atoms with Crippen LogP contribution in [0.25, 0.3) is 0 Å². The van der Waals surface area contributed by atoms with Crippen molar-refractivity contribution in [1.82, 2.24) is 14.5 Å². The minimum Gasteiger partial charge on any atom is -0.353 e. The number of amides is 1. The molecule has 1 aromatic carbocycles. The zero-order valence-electron chi connectivity index (χ0n) is 13.0. The lowest BCUT2D eigenvalue weighted by molar-refractivity contribution is -0.139. The molecule has 2 saturated heterocycles. The molecule has 3 rings (SSSR count). The van der Waals surface area contributed by atoms with Crippen molar-refractivity contribution < 1.29 is 13.2 Å². The molecule has 0 bridgehead atoms. The zero-order valence-corrected chi connectivity index (χ0v) is 14.5. The molecule has 1 spiro atoms. The summed E-state index contributed by atoms with van der Waals surface area (Å²) in [6.45, 7) is 2.08. The summed E-state index contributed by atoms with van der Waals surface area (Å²) in [7, 11) is -1.65.